The molecule has 4 aromatic rings. The van der Waals surface area contributed by atoms with E-state index in [0.717, 1.165) is 5.56 Å². The first-order valence-corrected chi connectivity index (χ1v) is 9.46. The second kappa shape index (κ2) is 6.12. The molecule has 1 aromatic carbocycles. The molecule has 25 heavy (non-hydrogen) atoms. The summed E-state index contributed by atoms with van der Waals surface area (Å²) in [7, 11) is 1.71. The van der Waals surface area contributed by atoms with Gasteiger partial charge in [-0.3, -0.25) is 14.2 Å². The summed E-state index contributed by atoms with van der Waals surface area (Å²) in [4.78, 5) is 36.5. The molecule has 0 aliphatic heterocycles. The number of fused-ring (bicyclic) bond motifs is 2. The third-order valence-corrected chi connectivity index (χ3v) is 5.90. The zero-order chi connectivity index (χ0) is 17.6. The molecule has 3 aromatic heterocycles. The SMILES string of the molecule is Cc1cccc2c(=O)[nH]c(CSc3nc4ccsc4c(=O)n3C)nc12. The van der Waals surface area contributed by atoms with Crippen molar-refractivity contribution in [2.45, 2.75) is 17.8 Å². The molecule has 0 amide bonds. The van der Waals surface area contributed by atoms with Crippen molar-refractivity contribution < 1.29 is 0 Å². The smallest absolute Gasteiger partial charge is 0.271 e. The highest BCUT2D eigenvalue weighted by Gasteiger charge is 2.11. The maximum absolute atomic E-state index is 12.3. The highest BCUT2D eigenvalue weighted by atomic mass is 32.2. The summed E-state index contributed by atoms with van der Waals surface area (Å²) < 4.78 is 2.19. The number of nitrogens with one attached hydrogen (secondary N) is 1. The summed E-state index contributed by atoms with van der Waals surface area (Å²) in [5, 5.41) is 3.04. The number of rotatable bonds is 3. The Bertz CT molecular complexity index is 1220. The molecule has 0 atom stereocenters. The van der Waals surface area contributed by atoms with Gasteiger partial charge < -0.3 is 4.98 Å². The first kappa shape index (κ1) is 16.0. The van der Waals surface area contributed by atoms with Crippen LogP contribution in [0, 0.1) is 6.92 Å². The quantitative estimate of drug-likeness (QED) is 0.443. The molecule has 6 nitrogen and oxygen atoms in total. The van der Waals surface area contributed by atoms with E-state index >= 15 is 0 Å². The molecule has 0 fully saturated rings. The lowest BCUT2D eigenvalue weighted by Crippen LogP contribution is -2.19. The molecule has 1 N–H and O–H groups in total. The van der Waals surface area contributed by atoms with Gasteiger partial charge >= 0.3 is 0 Å². The van der Waals surface area contributed by atoms with Gasteiger partial charge in [0.2, 0.25) is 0 Å². The van der Waals surface area contributed by atoms with Gasteiger partial charge in [-0.05, 0) is 30.0 Å². The minimum atomic E-state index is -0.153. The zero-order valence-corrected chi connectivity index (χ0v) is 15.2. The van der Waals surface area contributed by atoms with E-state index in [9.17, 15) is 9.59 Å². The van der Waals surface area contributed by atoms with Gasteiger partial charge in [0.15, 0.2) is 5.16 Å². The fourth-order valence-electron chi connectivity index (χ4n) is 2.65. The van der Waals surface area contributed by atoms with Crippen molar-refractivity contribution in [3.8, 4) is 0 Å². The second-order valence-corrected chi connectivity index (χ2v) is 7.52. The van der Waals surface area contributed by atoms with E-state index in [2.05, 4.69) is 15.0 Å². The van der Waals surface area contributed by atoms with Crippen LogP contribution in [-0.2, 0) is 12.8 Å². The molecule has 0 aliphatic carbocycles. The highest BCUT2D eigenvalue weighted by molar-refractivity contribution is 7.98. The number of aromatic nitrogens is 4. The average molecular weight is 370 g/mol. The Hall–Kier alpha value is -2.45. The Morgan fingerprint density at radius 1 is 1.24 bits per heavy atom. The standard InChI is InChI=1S/C17H14N4O2S2/c1-9-4-3-5-10-13(9)19-12(20-15(10)22)8-25-17-18-11-6-7-24-14(11)16(23)21(17)2/h3-7H,8H2,1-2H3,(H,19,20,22). The summed E-state index contributed by atoms with van der Waals surface area (Å²) >= 11 is 2.77. The molecule has 0 aliphatic rings. The Morgan fingerprint density at radius 2 is 2.08 bits per heavy atom. The van der Waals surface area contributed by atoms with Crippen LogP contribution in [0.5, 0.6) is 0 Å². The highest BCUT2D eigenvalue weighted by Crippen LogP contribution is 2.22. The summed E-state index contributed by atoms with van der Waals surface area (Å²) in [6.07, 6.45) is 0. The van der Waals surface area contributed by atoms with E-state index in [1.165, 1.54) is 27.7 Å². The van der Waals surface area contributed by atoms with Gasteiger partial charge in [0.05, 0.1) is 22.2 Å². The lowest BCUT2D eigenvalue weighted by molar-refractivity contribution is 0.727. The van der Waals surface area contributed by atoms with Gasteiger partial charge in [0.25, 0.3) is 11.1 Å². The van der Waals surface area contributed by atoms with Crippen LogP contribution in [0.1, 0.15) is 11.4 Å². The van der Waals surface area contributed by atoms with E-state index in [1.54, 1.807) is 13.1 Å². The predicted molar refractivity (Wildman–Crippen MR) is 102 cm³/mol. The van der Waals surface area contributed by atoms with Gasteiger partial charge in [0.1, 0.15) is 10.5 Å². The van der Waals surface area contributed by atoms with Crippen molar-refractivity contribution in [3.63, 3.8) is 0 Å². The maximum Gasteiger partial charge on any atom is 0.271 e. The summed E-state index contributed by atoms with van der Waals surface area (Å²) in [6, 6.07) is 7.38. The molecular formula is C17H14N4O2S2. The number of para-hydroxylation sites is 1. The number of thiophene rings is 1. The van der Waals surface area contributed by atoms with Crippen molar-refractivity contribution in [3.05, 3.63) is 61.7 Å². The van der Waals surface area contributed by atoms with Crippen LogP contribution < -0.4 is 11.1 Å². The average Bonchev–Trinajstić information content (AvgIpc) is 3.06. The molecule has 0 radical (unpaired) electrons. The van der Waals surface area contributed by atoms with Crippen LogP contribution in [0.4, 0.5) is 0 Å². The van der Waals surface area contributed by atoms with Gasteiger partial charge in [-0.25, -0.2) is 9.97 Å². The molecule has 4 rings (SSSR count). The van der Waals surface area contributed by atoms with Gasteiger partial charge in [-0.2, -0.15) is 0 Å². The number of hydrogen-bond acceptors (Lipinski definition) is 6. The van der Waals surface area contributed by atoms with Crippen LogP contribution in [0.2, 0.25) is 0 Å². The minimum Gasteiger partial charge on any atom is -0.309 e. The van der Waals surface area contributed by atoms with E-state index in [0.29, 0.717) is 37.9 Å². The summed E-state index contributed by atoms with van der Waals surface area (Å²) in [6.45, 7) is 1.93. The molecule has 0 saturated carbocycles. The summed E-state index contributed by atoms with van der Waals surface area (Å²) in [5.41, 5.74) is 2.15. The van der Waals surface area contributed by atoms with Crippen molar-refractivity contribution in [1.29, 1.82) is 0 Å². The largest absolute Gasteiger partial charge is 0.309 e. The van der Waals surface area contributed by atoms with Gasteiger partial charge in [-0.15, -0.1) is 11.3 Å². The van der Waals surface area contributed by atoms with Crippen LogP contribution in [0.15, 0.2) is 44.4 Å². The van der Waals surface area contributed by atoms with Crippen LogP contribution in [0.25, 0.3) is 21.1 Å². The second-order valence-electron chi connectivity index (χ2n) is 5.67. The number of H-pyrrole nitrogens is 1. The topological polar surface area (TPSA) is 80.6 Å². The Labute approximate surface area is 150 Å². The Balaban J connectivity index is 1.71. The van der Waals surface area contributed by atoms with Gasteiger partial charge in [0, 0.05) is 7.05 Å². The Morgan fingerprint density at radius 3 is 2.92 bits per heavy atom. The molecule has 0 spiro atoms. The summed E-state index contributed by atoms with van der Waals surface area (Å²) in [5.74, 6) is 0.992. The number of hydrogen-bond donors (Lipinski definition) is 1. The maximum atomic E-state index is 12.3. The fraction of sp³-hybridized carbons (Fsp3) is 0.176. The third kappa shape index (κ3) is 2.77. The van der Waals surface area contributed by atoms with E-state index in [4.69, 9.17) is 0 Å². The minimum absolute atomic E-state index is 0.0571. The molecular weight excluding hydrogens is 356 g/mol. The molecule has 126 valence electrons. The van der Waals surface area contributed by atoms with E-state index in [-0.39, 0.29) is 11.1 Å². The van der Waals surface area contributed by atoms with Crippen molar-refractivity contribution in [2.24, 2.45) is 7.05 Å². The van der Waals surface area contributed by atoms with Gasteiger partial charge in [-0.1, -0.05) is 23.9 Å². The van der Waals surface area contributed by atoms with Crippen LogP contribution in [-0.4, -0.2) is 19.5 Å². The van der Waals surface area contributed by atoms with Crippen molar-refractivity contribution in [2.75, 3.05) is 0 Å². The third-order valence-electron chi connectivity index (χ3n) is 3.97. The number of thioether (sulfide) groups is 1. The monoisotopic (exact) mass is 370 g/mol. The van der Waals surface area contributed by atoms with Crippen molar-refractivity contribution in [1.82, 2.24) is 19.5 Å². The molecule has 0 unspecified atom stereocenters. The number of benzene rings is 1. The Kier molecular flexibility index (Phi) is 3.93. The fourth-order valence-corrected chi connectivity index (χ4v) is 4.30. The number of aromatic amines is 1. The molecule has 0 bridgehead atoms. The first-order chi connectivity index (χ1) is 12.0. The van der Waals surface area contributed by atoms with Crippen LogP contribution in [0.3, 0.4) is 0 Å². The molecule has 0 saturated heterocycles. The number of aryl methyl sites for hydroxylation is 1. The molecule has 3 heterocycles. The van der Waals surface area contributed by atoms with Crippen LogP contribution >= 0.6 is 23.1 Å². The first-order valence-electron chi connectivity index (χ1n) is 7.60. The zero-order valence-electron chi connectivity index (χ0n) is 13.6. The van der Waals surface area contributed by atoms with E-state index < -0.39 is 0 Å². The predicted octanol–water partition coefficient (Wildman–Crippen LogP) is 2.83. The molecule has 8 heteroatoms. The van der Waals surface area contributed by atoms with E-state index in [1.807, 2.05) is 30.5 Å². The lowest BCUT2D eigenvalue weighted by atomic mass is 10.1. The normalized spacial score (nSPS) is 11.4. The number of nitrogens with zero attached hydrogens (tertiary/aromatic N) is 3. The van der Waals surface area contributed by atoms with Crippen molar-refractivity contribution >= 4 is 44.2 Å². The lowest BCUT2D eigenvalue weighted by Gasteiger charge is -2.08.